The minimum Gasteiger partial charge on any atom is -0.398 e. The number of nitrogens with two attached hydrogens (primary N) is 1. The van der Waals surface area contributed by atoms with Crippen LogP contribution < -0.4 is 11.1 Å². The Kier molecular flexibility index (Phi) is 3.54. The zero-order valence-corrected chi connectivity index (χ0v) is 10.00. The molecule has 2 aromatic heterocycles. The highest BCUT2D eigenvalue weighted by Crippen LogP contribution is 2.19. The smallest absolute Gasteiger partial charge is 0.0570 e. The molecule has 0 aliphatic heterocycles. The van der Waals surface area contributed by atoms with Gasteiger partial charge in [0.05, 0.1) is 5.69 Å². The third kappa shape index (κ3) is 2.59. The average molecular weight is 233 g/mol. The lowest BCUT2D eigenvalue weighted by Gasteiger charge is -2.12. The molecule has 0 bridgehead atoms. The minimum absolute atomic E-state index is 0.239. The summed E-state index contributed by atoms with van der Waals surface area (Å²) in [4.78, 5) is 5.49. The fourth-order valence-electron chi connectivity index (χ4n) is 1.48. The van der Waals surface area contributed by atoms with E-state index in [1.807, 2.05) is 35.8 Å². The van der Waals surface area contributed by atoms with E-state index in [1.165, 1.54) is 4.88 Å². The molecular formula is C12H15N3S. The number of anilines is 1. The van der Waals surface area contributed by atoms with Gasteiger partial charge in [-0.15, -0.1) is 11.3 Å². The van der Waals surface area contributed by atoms with Crippen LogP contribution in [0.5, 0.6) is 0 Å². The van der Waals surface area contributed by atoms with Gasteiger partial charge in [0.1, 0.15) is 0 Å². The molecule has 2 heterocycles. The predicted molar refractivity (Wildman–Crippen MR) is 68.2 cm³/mol. The van der Waals surface area contributed by atoms with Gasteiger partial charge in [0.2, 0.25) is 0 Å². The molecule has 2 aromatic rings. The van der Waals surface area contributed by atoms with Gasteiger partial charge in [-0.3, -0.25) is 4.98 Å². The highest BCUT2D eigenvalue weighted by Gasteiger charge is 2.07. The second kappa shape index (κ2) is 5.09. The number of hydrogen-bond donors (Lipinski definition) is 2. The number of pyridine rings is 1. The molecule has 84 valence electrons. The van der Waals surface area contributed by atoms with Crippen molar-refractivity contribution in [3.8, 4) is 0 Å². The molecule has 0 saturated heterocycles. The Morgan fingerprint density at radius 1 is 1.44 bits per heavy atom. The van der Waals surface area contributed by atoms with Crippen LogP contribution in [0.2, 0.25) is 0 Å². The Hall–Kier alpha value is -1.39. The van der Waals surface area contributed by atoms with E-state index in [0.717, 1.165) is 17.9 Å². The van der Waals surface area contributed by atoms with Crippen LogP contribution in [0.4, 0.5) is 5.69 Å². The molecular weight excluding hydrogens is 218 g/mol. The molecule has 4 heteroatoms. The molecule has 3 N–H and O–H groups in total. The van der Waals surface area contributed by atoms with E-state index in [-0.39, 0.29) is 6.04 Å². The Bertz CT molecular complexity index is 439. The van der Waals surface area contributed by atoms with E-state index in [0.29, 0.717) is 0 Å². The third-order valence-electron chi connectivity index (χ3n) is 2.48. The summed E-state index contributed by atoms with van der Waals surface area (Å²) in [5.74, 6) is 0. The lowest BCUT2D eigenvalue weighted by atomic mass is 10.2. The zero-order valence-electron chi connectivity index (χ0n) is 9.18. The number of hydrogen-bond acceptors (Lipinski definition) is 4. The normalized spacial score (nSPS) is 12.6. The zero-order chi connectivity index (χ0) is 11.4. The molecule has 0 fully saturated rings. The maximum atomic E-state index is 5.82. The standard InChI is InChI=1S/C12H15N3S/c1-9(11-4-2-3-6-14-11)15-8-12-10(13)5-7-16-12/h2-7,9,15H,8,13H2,1H3. The van der Waals surface area contributed by atoms with Crippen molar-refractivity contribution in [1.82, 2.24) is 10.3 Å². The number of aromatic nitrogens is 1. The molecule has 0 aliphatic rings. The summed E-state index contributed by atoms with van der Waals surface area (Å²) in [5, 5.41) is 5.42. The Morgan fingerprint density at radius 3 is 2.94 bits per heavy atom. The predicted octanol–water partition coefficient (Wildman–Crippen LogP) is 2.58. The molecule has 3 nitrogen and oxygen atoms in total. The van der Waals surface area contributed by atoms with Crippen LogP contribution >= 0.6 is 11.3 Å². The van der Waals surface area contributed by atoms with Gasteiger partial charge in [-0.05, 0) is 30.5 Å². The first-order chi connectivity index (χ1) is 7.77. The van der Waals surface area contributed by atoms with Gasteiger partial charge in [0.15, 0.2) is 0 Å². The molecule has 0 amide bonds. The van der Waals surface area contributed by atoms with Crippen LogP contribution in [-0.4, -0.2) is 4.98 Å². The third-order valence-corrected chi connectivity index (χ3v) is 3.42. The van der Waals surface area contributed by atoms with E-state index in [4.69, 9.17) is 5.73 Å². The van der Waals surface area contributed by atoms with Gasteiger partial charge in [-0.1, -0.05) is 6.07 Å². The van der Waals surface area contributed by atoms with Crippen molar-refractivity contribution >= 4 is 17.0 Å². The van der Waals surface area contributed by atoms with Crippen LogP contribution in [-0.2, 0) is 6.54 Å². The Morgan fingerprint density at radius 2 is 2.31 bits per heavy atom. The topological polar surface area (TPSA) is 50.9 Å². The van der Waals surface area contributed by atoms with Crippen LogP contribution in [0.25, 0.3) is 0 Å². The van der Waals surface area contributed by atoms with Gasteiger partial charge < -0.3 is 11.1 Å². The summed E-state index contributed by atoms with van der Waals surface area (Å²) in [5.41, 5.74) is 7.74. The summed E-state index contributed by atoms with van der Waals surface area (Å²) in [6.07, 6.45) is 1.81. The van der Waals surface area contributed by atoms with E-state index < -0.39 is 0 Å². The highest BCUT2D eigenvalue weighted by atomic mass is 32.1. The summed E-state index contributed by atoms with van der Waals surface area (Å²) in [6, 6.07) is 8.12. The van der Waals surface area contributed by atoms with Crippen molar-refractivity contribution in [2.75, 3.05) is 5.73 Å². The first kappa shape index (κ1) is 11.1. The summed E-state index contributed by atoms with van der Waals surface area (Å²) in [7, 11) is 0. The maximum absolute atomic E-state index is 5.82. The average Bonchev–Trinajstić information content (AvgIpc) is 2.73. The number of nitrogens with one attached hydrogen (secondary N) is 1. The lowest BCUT2D eigenvalue weighted by Crippen LogP contribution is -2.18. The van der Waals surface area contributed by atoms with E-state index >= 15 is 0 Å². The number of nitrogen functional groups attached to an aromatic ring is 1. The SMILES string of the molecule is CC(NCc1sccc1N)c1ccccn1. The van der Waals surface area contributed by atoms with Gasteiger partial charge in [0, 0.05) is 29.3 Å². The fourth-order valence-corrected chi connectivity index (χ4v) is 2.23. The van der Waals surface area contributed by atoms with Gasteiger partial charge >= 0.3 is 0 Å². The van der Waals surface area contributed by atoms with Crippen LogP contribution in [0.3, 0.4) is 0 Å². The molecule has 0 spiro atoms. The van der Waals surface area contributed by atoms with E-state index in [2.05, 4.69) is 17.2 Å². The van der Waals surface area contributed by atoms with Crippen molar-refractivity contribution < 1.29 is 0 Å². The second-order valence-corrected chi connectivity index (χ2v) is 4.66. The van der Waals surface area contributed by atoms with Gasteiger partial charge in [-0.2, -0.15) is 0 Å². The molecule has 1 atom stereocenters. The van der Waals surface area contributed by atoms with E-state index in [9.17, 15) is 0 Å². The first-order valence-electron chi connectivity index (χ1n) is 5.23. The number of rotatable bonds is 4. The van der Waals surface area contributed by atoms with Crippen molar-refractivity contribution in [3.63, 3.8) is 0 Å². The van der Waals surface area contributed by atoms with Crippen LogP contribution in [0.1, 0.15) is 23.5 Å². The monoisotopic (exact) mass is 233 g/mol. The van der Waals surface area contributed by atoms with Crippen LogP contribution in [0, 0.1) is 0 Å². The lowest BCUT2D eigenvalue weighted by molar-refractivity contribution is 0.566. The van der Waals surface area contributed by atoms with Crippen molar-refractivity contribution in [3.05, 3.63) is 46.4 Å². The molecule has 0 saturated carbocycles. The van der Waals surface area contributed by atoms with Gasteiger partial charge in [-0.25, -0.2) is 0 Å². The summed E-state index contributed by atoms with van der Waals surface area (Å²) >= 11 is 1.68. The number of nitrogens with zero attached hydrogens (tertiary/aromatic N) is 1. The van der Waals surface area contributed by atoms with Crippen LogP contribution in [0.15, 0.2) is 35.8 Å². The summed E-state index contributed by atoms with van der Waals surface area (Å²) < 4.78 is 0. The molecule has 1 unspecified atom stereocenters. The molecule has 0 aliphatic carbocycles. The molecule has 0 radical (unpaired) electrons. The molecule has 0 aromatic carbocycles. The molecule has 16 heavy (non-hydrogen) atoms. The minimum atomic E-state index is 0.239. The maximum Gasteiger partial charge on any atom is 0.0570 e. The molecule has 2 rings (SSSR count). The highest BCUT2D eigenvalue weighted by molar-refractivity contribution is 7.10. The van der Waals surface area contributed by atoms with Crippen molar-refractivity contribution in [2.24, 2.45) is 0 Å². The second-order valence-electron chi connectivity index (χ2n) is 3.66. The quantitative estimate of drug-likeness (QED) is 0.853. The largest absolute Gasteiger partial charge is 0.398 e. The Labute approximate surface area is 99.3 Å². The fraction of sp³-hybridized carbons (Fsp3) is 0.250. The summed E-state index contributed by atoms with van der Waals surface area (Å²) in [6.45, 7) is 2.90. The first-order valence-corrected chi connectivity index (χ1v) is 6.11. The number of thiophene rings is 1. The van der Waals surface area contributed by atoms with Crippen molar-refractivity contribution in [2.45, 2.75) is 19.5 Å². The van der Waals surface area contributed by atoms with Gasteiger partial charge in [0.25, 0.3) is 0 Å². The van der Waals surface area contributed by atoms with Crippen molar-refractivity contribution in [1.29, 1.82) is 0 Å². The van der Waals surface area contributed by atoms with E-state index in [1.54, 1.807) is 11.3 Å². The Balaban J connectivity index is 1.94.